The number of benzene rings is 2. The van der Waals surface area contributed by atoms with Gasteiger partial charge in [0, 0.05) is 0 Å². The Bertz CT molecular complexity index is 1280. The summed E-state index contributed by atoms with van der Waals surface area (Å²) in [7, 11) is 0. The average Bonchev–Trinajstić information content (AvgIpc) is 2.78. The monoisotopic (exact) mass is 518 g/mol. The molecule has 1 heterocycles. The van der Waals surface area contributed by atoms with Gasteiger partial charge in [0.25, 0.3) is 0 Å². The Kier molecular flexibility index (Phi) is 6.58. The van der Waals surface area contributed by atoms with Crippen LogP contribution in [0.1, 0.15) is 73.3 Å². The van der Waals surface area contributed by atoms with Crippen LogP contribution in [0, 0.1) is 17.7 Å². The molecule has 1 aliphatic rings. The van der Waals surface area contributed by atoms with Gasteiger partial charge in [0.05, 0.1) is 0 Å². The SMILES string of the molecule is Cc1cc([Se]C#Cc2ccc(C(=O)Nc3ccc(O)cc3)cn2)c2c(c1)C(C)(C)CCC2(C)C. The van der Waals surface area contributed by atoms with Gasteiger partial charge in [-0.1, -0.05) is 0 Å². The number of hydrogen-bond donors (Lipinski definition) is 2. The van der Waals surface area contributed by atoms with Crippen LogP contribution in [0.25, 0.3) is 0 Å². The quantitative estimate of drug-likeness (QED) is 0.291. The van der Waals surface area contributed by atoms with Crippen molar-refractivity contribution in [3.8, 4) is 16.5 Å². The van der Waals surface area contributed by atoms with Crippen molar-refractivity contribution in [2.45, 2.75) is 58.3 Å². The fourth-order valence-corrected chi connectivity index (χ4v) is 6.53. The number of nitrogens with one attached hydrogen (secondary N) is 1. The zero-order valence-corrected chi connectivity index (χ0v) is 22.0. The Balaban J connectivity index is 1.51. The van der Waals surface area contributed by atoms with E-state index in [0.29, 0.717) is 16.9 Å². The maximum absolute atomic E-state index is 12.4. The Morgan fingerprint density at radius 2 is 1.74 bits per heavy atom. The van der Waals surface area contributed by atoms with E-state index < -0.39 is 0 Å². The number of fused-ring (bicyclic) bond motifs is 1. The van der Waals surface area contributed by atoms with Crippen molar-refractivity contribution >= 4 is 31.0 Å². The topological polar surface area (TPSA) is 62.2 Å². The van der Waals surface area contributed by atoms with Gasteiger partial charge in [-0.3, -0.25) is 0 Å². The fraction of sp³-hybridized carbons (Fsp3) is 0.310. The zero-order valence-electron chi connectivity index (χ0n) is 20.3. The number of aromatic hydroxyl groups is 1. The molecule has 0 atom stereocenters. The van der Waals surface area contributed by atoms with Gasteiger partial charge in [0.2, 0.25) is 0 Å². The number of aryl methyl sites for hydroxylation is 1. The molecule has 0 aliphatic heterocycles. The van der Waals surface area contributed by atoms with Crippen LogP contribution in [0.3, 0.4) is 0 Å². The number of amides is 1. The molecule has 1 aliphatic carbocycles. The van der Waals surface area contributed by atoms with E-state index in [1.54, 1.807) is 30.5 Å². The predicted octanol–water partition coefficient (Wildman–Crippen LogP) is 5.04. The summed E-state index contributed by atoms with van der Waals surface area (Å²) in [4.78, 5) is 20.2. The average molecular weight is 518 g/mol. The molecular weight excluding hydrogens is 487 g/mol. The molecule has 174 valence electrons. The van der Waals surface area contributed by atoms with Gasteiger partial charge < -0.3 is 5.11 Å². The van der Waals surface area contributed by atoms with Gasteiger partial charge in [0.15, 0.2) is 0 Å². The van der Waals surface area contributed by atoms with E-state index in [0.717, 1.165) is 0 Å². The molecule has 0 saturated carbocycles. The molecule has 1 aromatic heterocycles. The van der Waals surface area contributed by atoms with Gasteiger partial charge in [-0.05, 0) is 0 Å². The van der Waals surface area contributed by atoms with E-state index in [1.807, 2.05) is 0 Å². The molecule has 5 heteroatoms. The van der Waals surface area contributed by atoms with E-state index in [-0.39, 0.29) is 37.4 Å². The predicted molar refractivity (Wildman–Crippen MR) is 139 cm³/mol. The first-order valence-electron chi connectivity index (χ1n) is 11.5. The second-order valence-electron chi connectivity index (χ2n) is 10.2. The van der Waals surface area contributed by atoms with Gasteiger partial charge in [-0.25, -0.2) is 0 Å². The number of carbonyl (C=O) groups is 1. The number of phenols is 1. The third-order valence-corrected chi connectivity index (χ3v) is 8.08. The van der Waals surface area contributed by atoms with Gasteiger partial charge in [-0.2, -0.15) is 0 Å². The van der Waals surface area contributed by atoms with Gasteiger partial charge >= 0.3 is 204 Å². The van der Waals surface area contributed by atoms with Crippen molar-refractivity contribution in [2.75, 3.05) is 5.32 Å². The van der Waals surface area contributed by atoms with Gasteiger partial charge in [0.1, 0.15) is 0 Å². The van der Waals surface area contributed by atoms with E-state index in [2.05, 4.69) is 67.8 Å². The normalized spacial score (nSPS) is 15.6. The summed E-state index contributed by atoms with van der Waals surface area (Å²) < 4.78 is 1.37. The van der Waals surface area contributed by atoms with Crippen molar-refractivity contribution < 1.29 is 9.90 Å². The van der Waals surface area contributed by atoms with Crippen LogP contribution in [0.2, 0.25) is 0 Å². The van der Waals surface area contributed by atoms with Gasteiger partial charge in [-0.15, -0.1) is 0 Å². The molecule has 3 aromatic rings. The maximum atomic E-state index is 12.4. The summed E-state index contributed by atoms with van der Waals surface area (Å²) in [5, 5.41) is 12.2. The third-order valence-electron chi connectivity index (χ3n) is 6.52. The first kappa shape index (κ1) is 24.1. The summed E-state index contributed by atoms with van der Waals surface area (Å²) in [5.74, 6) is 3.10. The van der Waals surface area contributed by atoms with Crippen LogP contribution < -0.4 is 9.78 Å². The second-order valence-corrected chi connectivity index (χ2v) is 12.0. The van der Waals surface area contributed by atoms with Crippen molar-refractivity contribution in [3.63, 3.8) is 0 Å². The number of phenolic OH excluding ortho intramolecular Hbond substituents is 1. The van der Waals surface area contributed by atoms with E-state index in [9.17, 15) is 9.90 Å². The first-order chi connectivity index (χ1) is 16.0. The Hall–Kier alpha value is -3.06. The van der Waals surface area contributed by atoms with Crippen molar-refractivity contribution in [2.24, 2.45) is 0 Å². The standard InChI is InChI=1S/C29H30N2O2Se/c1-19-16-24-26(29(4,5)14-13-28(24,2)3)25(17-19)34-15-12-21-7-6-20(18-30-21)27(33)31-22-8-10-23(32)11-9-22/h6-11,16-18,32H,13-14H2,1-5H3,(H,31,33). The van der Waals surface area contributed by atoms with Crippen LogP contribution in [0.4, 0.5) is 5.69 Å². The molecular formula is C29H30N2O2Se. The Morgan fingerprint density at radius 3 is 2.41 bits per heavy atom. The van der Waals surface area contributed by atoms with Crippen LogP contribution in [-0.2, 0) is 10.8 Å². The zero-order chi connectivity index (χ0) is 24.5. The van der Waals surface area contributed by atoms with Crippen LogP contribution >= 0.6 is 0 Å². The Morgan fingerprint density at radius 1 is 1.03 bits per heavy atom. The van der Waals surface area contributed by atoms with Crippen molar-refractivity contribution in [3.05, 3.63) is 82.7 Å². The van der Waals surface area contributed by atoms with Crippen LogP contribution in [0.5, 0.6) is 5.75 Å². The molecule has 4 rings (SSSR count). The minimum absolute atomic E-state index is 0.0113. The molecule has 4 nitrogen and oxygen atoms in total. The van der Waals surface area contributed by atoms with Crippen molar-refractivity contribution in [1.82, 2.24) is 4.98 Å². The summed E-state index contributed by atoms with van der Waals surface area (Å²) in [6.45, 7) is 11.6. The molecule has 0 saturated heterocycles. The first-order valence-corrected chi connectivity index (χ1v) is 13.2. The molecule has 0 bridgehead atoms. The third kappa shape index (κ3) is 5.20. The number of pyridine rings is 1. The van der Waals surface area contributed by atoms with Crippen LogP contribution in [-0.4, -0.2) is 31.0 Å². The summed E-state index contributed by atoms with van der Waals surface area (Å²) in [6, 6.07) is 14.6. The Labute approximate surface area is 208 Å². The number of hydrogen-bond acceptors (Lipinski definition) is 3. The number of carbonyl (C=O) groups excluding carboxylic acids is 1. The summed E-state index contributed by atoms with van der Waals surface area (Å²) >= 11 is 0.0113. The van der Waals surface area contributed by atoms with E-state index in [1.165, 1.54) is 46.1 Å². The molecule has 0 unspecified atom stereocenters. The molecule has 34 heavy (non-hydrogen) atoms. The number of aromatic nitrogens is 1. The van der Waals surface area contributed by atoms with Crippen LogP contribution in [0.15, 0.2) is 54.7 Å². The summed E-state index contributed by atoms with van der Waals surface area (Å²) in [5.41, 5.74) is 6.33. The fourth-order valence-electron chi connectivity index (χ4n) is 4.43. The number of rotatable bonds is 3. The minimum atomic E-state index is -0.252. The molecule has 0 spiro atoms. The molecule has 0 fully saturated rings. The second kappa shape index (κ2) is 9.29. The van der Waals surface area contributed by atoms with E-state index >= 15 is 0 Å². The number of nitrogens with zero attached hydrogens (tertiary/aromatic N) is 1. The van der Waals surface area contributed by atoms with E-state index in [4.69, 9.17) is 0 Å². The molecule has 2 aromatic carbocycles. The summed E-state index contributed by atoms with van der Waals surface area (Å²) in [6.07, 6.45) is 3.93. The molecule has 2 N–H and O–H groups in total. The number of anilines is 1. The molecule has 0 radical (unpaired) electrons. The van der Waals surface area contributed by atoms with Crippen molar-refractivity contribution in [1.29, 1.82) is 0 Å². The molecule has 1 amide bonds.